The van der Waals surface area contributed by atoms with E-state index in [1.54, 1.807) is 0 Å². The minimum atomic E-state index is -0.134. The predicted octanol–water partition coefficient (Wildman–Crippen LogP) is 2.38. The summed E-state index contributed by atoms with van der Waals surface area (Å²) in [4.78, 5) is 12.8. The van der Waals surface area contributed by atoms with Crippen LogP contribution in [0.5, 0.6) is 0 Å². The van der Waals surface area contributed by atoms with Crippen LogP contribution >= 0.6 is 24.0 Å². The van der Waals surface area contributed by atoms with Crippen molar-refractivity contribution in [3.63, 3.8) is 0 Å². The number of carbonyl (C=O) groups is 1. The summed E-state index contributed by atoms with van der Waals surface area (Å²) in [7, 11) is 0. The van der Waals surface area contributed by atoms with Gasteiger partial charge in [0, 0.05) is 10.4 Å². The molecule has 0 saturated heterocycles. The second kappa shape index (κ2) is 7.50. The lowest BCUT2D eigenvalue weighted by atomic mass is 10.1. The minimum Gasteiger partial charge on any atom is -0.357 e. The van der Waals surface area contributed by atoms with Crippen molar-refractivity contribution in [2.24, 2.45) is 0 Å². The molecule has 0 atom stereocenters. The number of amides is 1. The first-order valence-electron chi connectivity index (χ1n) is 6.33. The third kappa shape index (κ3) is 6.77. The van der Waals surface area contributed by atoms with Crippen molar-refractivity contribution in [3.05, 3.63) is 29.8 Å². The molecule has 1 aromatic carbocycles. The van der Waals surface area contributed by atoms with Gasteiger partial charge < -0.3 is 5.32 Å². The monoisotopic (exact) mass is 311 g/mol. The largest absolute Gasteiger partial charge is 0.357 e. The summed E-state index contributed by atoms with van der Waals surface area (Å²) in [5.74, 6) is 0.229. The smallest absolute Gasteiger partial charge is 0.248 e. The minimum absolute atomic E-state index is 0.115. The number of hydrogen-bond donors (Lipinski definition) is 3. The number of aryl methyl sites for hydroxylation is 1. The van der Waals surface area contributed by atoms with Crippen LogP contribution in [0.1, 0.15) is 26.3 Å². The molecule has 0 aliphatic carbocycles. The Morgan fingerprint density at radius 2 is 1.90 bits per heavy atom. The van der Waals surface area contributed by atoms with E-state index in [1.807, 2.05) is 52.0 Å². The van der Waals surface area contributed by atoms with E-state index in [-0.39, 0.29) is 11.4 Å². The van der Waals surface area contributed by atoms with Crippen LogP contribution in [0.25, 0.3) is 0 Å². The Kier molecular flexibility index (Phi) is 6.29. The highest BCUT2D eigenvalue weighted by Crippen LogP contribution is 2.21. The van der Waals surface area contributed by atoms with Crippen LogP contribution < -0.4 is 16.2 Å². The molecule has 0 bridgehead atoms. The zero-order chi connectivity index (χ0) is 15.2. The highest BCUT2D eigenvalue weighted by Gasteiger charge is 2.11. The Morgan fingerprint density at radius 3 is 2.50 bits per heavy atom. The lowest BCUT2D eigenvalue weighted by molar-refractivity contribution is -0.119. The van der Waals surface area contributed by atoms with Gasteiger partial charge in [-0.05, 0) is 51.5 Å². The van der Waals surface area contributed by atoms with Crippen molar-refractivity contribution in [2.45, 2.75) is 38.1 Å². The molecular weight excluding hydrogens is 290 g/mol. The molecular formula is C14H21N3OS2. The standard InChI is InChI=1S/C14H21N3OS2/c1-10-7-5-6-8-11(10)20-9-12(18)16-17-13(19)15-14(2,3)4/h5-8H,9H2,1-4H3,(H,16,18)(H2,15,17,19). The zero-order valence-electron chi connectivity index (χ0n) is 12.2. The summed E-state index contributed by atoms with van der Waals surface area (Å²) < 4.78 is 0. The molecule has 20 heavy (non-hydrogen) atoms. The average molecular weight is 311 g/mol. The van der Waals surface area contributed by atoms with E-state index in [1.165, 1.54) is 17.3 Å². The summed E-state index contributed by atoms with van der Waals surface area (Å²) in [6.07, 6.45) is 0. The number of hydrazine groups is 1. The molecule has 0 aliphatic rings. The Morgan fingerprint density at radius 1 is 1.25 bits per heavy atom. The number of rotatable bonds is 3. The van der Waals surface area contributed by atoms with E-state index in [4.69, 9.17) is 12.2 Å². The molecule has 1 aromatic rings. The second-order valence-corrected chi connectivity index (χ2v) is 6.86. The number of thiocarbonyl (C=S) groups is 1. The van der Waals surface area contributed by atoms with E-state index >= 15 is 0 Å². The van der Waals surface area contributed by atoms with Gasteiger partial charge in [0.1, 0.15) is 0 Å². The van der Waals surface area contributed by atoms with Crippen LogP contribution in [0.2, 0.25) is 0 Å². The molecule has 0 unspecified atom stereocenters. The van der Waals surface area contributed by atoms with Crippen LogP contribution in [0, 0.1) is 6.92 Å². The molecule has 0 saturated carbocycles. The van der Waals surface area contributed by atoms with Gasteiger partial charge in [0.25, 0.3) is 0 Å². The van der Waals surface area contributed by atoms with Crippen LogP contribution in [0.15, 0.2) is 29.2 Å². The molecule has 110 valence electrons. The van der Waals surface area contributed by atoms with Crippen LogP contribution in [0.3, 0.4) is 0 Å². The van der Waals surface area contributed by atoms with Crippen molar-refractivity contribution in [2.75, 3.05) is 5.75 Å². The maximum absolute atomic E-state index is 11.7. The van der Waals surface area contributed by atoms with Gasteiger partial charge in [0.15, 0.2) is 5.11 Å². The highest BCUT2D eigenvalue weighted by molar-refractivity contribution is 8.00. The van der Waals surface area contributed by atoms with Crippen molar-refractivity contribution in [3.8, 4) is 0 Å². The molecule has 0 aromatic heterocycles. The Hall–Kier alpha value is -1.27. The first-order chi connectivity index (χ1) is 9.28. The molecule has 4 nitrogen and oxygen atoms in total. The van der Waals surface area contributed by atoms with Gasteiger partial charge in [-0.15, -0.1) is 11.8 Å². The number of nitrogens with one attached hydrogen (secondary N) is 3. The fourth-order valence-corrected chi connectivity index (χ4v) is 2.58. The van der Waals surface area contributed by atoms with E-state index < -0.39 is 0 Å². The van der Waals surface area contributed by atoms with Gasteiger partial charge in [-0.1, -0.05) is 18.2 Å². The van der Waals surface area contributed by atoms with Crippen molar-refractivity contribution < 1.29 is 4.79 Å². The molecule has 0 aliphatic heterocycles. The Balaban J connectivity index is 2.31. The lowest BCUT2D eigenvalue weighted by Crippen LogP contribution is -2.52. The number of benzene rings is 1. The van der Waals surface area contributed by atoms with Gasteiger partial charge in [-0.2, -0.15) is 0 Å². The number of hydrogen-bond acceptors (Lipinski definition) is 3. The topological polar surface area (TPSA) is 53.2 Å². The highest BCUT2D eigenvalue weighted by atomic mass is 32.2. The van der Waals surface area contributed by atoms with Crippen LogP contribution in [-0.4, -0.2) is 22.3 Å². The van der Waals surface area contributed by atoms with E-state index in [2.05, 4.69) is 16.2 Å². The molecule has 0 radical (unpaired) electrons. The summed E-state index contributed by atoms with van der Waals surface area (Å²) >= 11 is 6.58. The van der Waals surface area contributed by atoms with E-state index in [0.29, 0.717) is 10.9 Å². The normalized spacial score (nSPS) is 10.8. The third-order valence-electron chi connectivity index (χ3n) is 2.26. The van der Waals surface area contributed by atoms with Crippen molar-refractivity contribution in [1.82, 2.24) is 16.2 Å². The van der Waals surface area contributed by atoms with Gasteiger partial charge >= 0.3 is 0 Å². The average Bonchev–Trinajstić information content (AvgIpc) is 2.33. The molecule has 1 rings (SSSR count). The Labute approximate surface area is 130 Å². The van der Waals surface area contributed by atoms with E-state index in [9.17, 15) is 4.79 Å². The van der Waals surface area contributed by atoms with Crippen LogP contribution in [0.4, 0.5) is 0 Å². The zero-order valence-corrected chi connectivity index (χ0v) is 13.9. The van der Waals surface area contributed by atoms with E-state index in [0.717, 1.165) is 4.90 Å². The SMILES string of the molecule is Cc1ccccc1SCC(=O)NNC(=S)NC(C)(C)C. The van der Waals surface area contributed by atoms with Gasteiger partial charge in [0.05, 0.1) is 5.75 Å². The number of carbonyl (C=O) groups excluding carboxylic acids is 1. The van der Waals surface area contributed by atoms with Gasteiger partial charge in [0.2, 0.25) is 5.91 Å². The third-order valence-corrected chi connectivity index (χ3v) is 3.64. The van der Waals surface area contributed by atoms with Crippen molar-refractivity contribution >= 4 is 35.0 Å². The molecule has 0 heterocycles. The molecule has 1 amide bonds. The Bertz CT molecular complexity index is 484. The van der Waals surface area contributed by atoms with Crippen molar-refractivity contribution in [1.29, 1.82) is 0 Å². The number of thioether (sulfide) groups is 1. The molecule has 0 spiro atoms. The lowest BCUT2D eigenvalue weighted by Gasteiger charge is -2.23. The molecule has 6 heteroatoms. The van der Waals surface area contributed by atoms with Gasteiger partial charge in [-0.3, -0.25) is 15.6 Å². The first-order valence-corrected chi connectivity index (χ1v) is 7.73. The van der Waals surface area contributed by atoms with Crippen LogP contribution in [-0.2, 0) is 4.79 Å². The first kappa shape index (κ1) is 16.8. The maximum atomic E-state index is 11.7. The molecule has 3 N–H and O–H groups in total. The fraction of sp³-hybridized carbons (Fsp3) is 0.429. The van der Waals surface area contributed by atoms with Gasteiger partial charge in [-0.25, -0.2) is 0 Å². The summed E-state index contributed by atoms with van der Waals surface area (Å²) in [5, 5.41) is 3.47. The summed E-state index contributed by atoms with van der Waals surface area (Å²) in [5.41, 5.74) is 6.31. The summed E-state index contributed by atoms with van der Waals surface area (Å²) in [6.45, 7) is 8.02. The maximum Gasteiger partial charge on any atom is 0.248 e. The molecule has 0 fully saturated rings. The summed E-state index contributed by atoms with van der Waals surface area (Å²) in [6, 6.07) is 7.98. The second-order valence-electron chi connectivity index (χ2n) is 5.43. The fourth-order valence-electron chi connectivity index (χ4n) is 1.40. The predicted molar refractivity (Wildman–Crippen MR) is 88.7 cm³/mol. The quantitative estimate of drug-likeness (QED) is 0.455.